The molecule has 0 radical (unpaired) electrons. The van der Waals surface area contributed by atoms with Gasteiger partial charge in [0.2, 0.25) is 5.91 Å². The van der Waals surface area contributed by atoms with Crippen molar-refractivity contribution in [2.45, 2.75) is 32.4 Å². The Hall–Kier alpha value is -3.66. The third-order valence-electron chi connectivity index (χ3n) is 5.55. The number of hydrogen-bond donors (Lipinski definition) is 1. The Kier molecular flexibility index (Phi) is 7.81. The fraction of sp³-hybridized carbons (Fsp3) is 0.320. The lowest BCUT2D eigenvalue weighted by Gasteiger charge is -2.30. The molecule has 1 unspecified atom stereocenters. The largest absolute Gasteiger partial charge is 0.496 e. The summed E-state index contributed by atoms with van der Waals surface area (Å²) in [6, 6.07) is 14.2. The second-order valence-electron chi connectivity index (χ2n) is 7.79. The number of carbonyl (C=O) groups is 3. The number of para-hydroxylation sites is 2. The van der Waals surface area contributed by atoms with Crippen molar-refractivity contribution < 1.29 is 23.9 Å². The molecular weight excluding hydrogens is 468 g/mol. The van der Waals surface area contributed by atoms with E-state index >= 15 is 0 Å². The van der Waals surface area contributed by atoms with Gasteiger partial charge in [-0.25, -0.2) is 4.99 Å². The number of nitrogens with zero attached hydrogens (tertiary/aromatic N) is 3. The van der Waals surface area contributed by atoms with E-state index in [2.05, 4.69) is 15.3 Å². The smallest absolute Gasteiger partial charge is 0.316 e. The van der Waals surface area contributed by atoms with Gasteiger partial charge in [-0.3, -0.25) is 19.3 Å². The minimum Gasteiger partial charge on any atom is -0.496 e. The number of hydrogen-bond acceptors (Lipinski definition) is 8. The van der Waals surface area contributed by atoms with E-state index in [9.17, 15) is 14.4 Å². The third kappa shape index (κ3) is 5.54. The number of carbonyl (C=O) groups excluding carboxylic acids is 3. The van der Waals surface area contributed by atoms with Crippen LogP contribution in [0.5, 0.6) is 5.75 Å². The number of aliphatic imine (C=N–C) groups is 2. The van der Waals surface area contributed by atoms with E-state index in [1.54, 1.807) is 18.9 Å². The molecule has 0 saturated carbocycles. The van der Waals surface area contributed by atoms with Crippen LogP contribution in [0.15, 0.2) is 58.5 Å². The molecule has 4 rings (SSSR count). The topological polar surface area (TPSA) is 110 Å². The minimum atomic E-state index is -0.677. The van der Waals surface area contributed by atoms with Crippen molar-refractivity contribution in [3.63, 3.8) is 0 Å². The highest BCUT2D eigenvalue weighted by Gasteiger charge is 2.41. The minimum absolute atomic E-state index is 0.0545. The van der Waals surface area contributed by atoms with Crippen molar-refractivity contribution in [2.75, 3.05) is 19.5 Å². The molecule has 2 aromatic rings. The Morgan fingerprint density at radius 3 is 2.69 bits per heavy atom. The average molecular weight is 495 g/mol. The van der Waals surface area contributed by atoms with Crippen LogP contribution in [0.1, 0.15) is 30.9 Å². The van der Waals surface area contributed by atoms with E-state index in [1.165, 1.54) is 11.8 Å². The predicted molar refractivity (Wildman–Crippen MR) is 134 cm³/mol. The van der Waals surface area contributed by atoms with Crippen LogP contribution in [0, 0.1) is 0 Å². The van der Waals surface area contributed by atoms with Gasteiger partial charge in [0.25, 0.3) is 5.91 Å². The zero-order chi connectivity index (χ0) is 24.8. The molecule has 2 aliphatic heterocycles. The maximum absolute atomic E-state index is 12.9. The Bertz CT molecular complexity index is 1200. The molecule has 0 saturated heterocycles. The van der Waals surface area contributed by atoms with Crippen LogP contribution in [0.2, 0.25) is 0 Å². The summed E-state index contributed by atoms with van der Waals surface area (Å²) < 4.78 is 10.3. The van der Waals surface area contributed by atoms with Crippen LogP contribution < -0.4 is 10.1 Å². The van der Waals surface area contributed by atoms with Crippen molar-refractivity contribution in [1.82, 2.24) is 10.2 Å². The van der Waals surface area contributed by atoms with Crippen molar-refractivity contribution in [2.24, 2.45) is 9.98 Å². The number of nitrogens with one attached hydrogen (secondary N) is 1. The SMILES string of the molecule is CCOC(=O)CSC1=Nc2ccccc2C2=NC(=O)C(CCC(=O)NCc3ccccc3OC)N12. The predicted octanol–water partition coefficient (Wildman–Crippen LogP) is 3.05. The number of amides is 2. The molecule has 2 aromatic carbocycles. The summed E-state index contributed by atoms with van der Waals surface area (Å²) in [6.07, 6.45) is 0.382. The first-order valence-corrected chi connectivity index (χ1v) is 12.3. The van der Waals surface area contributed by atoms with E-state index < -0.39 is 6.04 Å². The zero-order valence-corrected chi connectivity index (χ0v) is 20.3. The molecule has 0 aromatic heterocycles. The summed E-state index contributed by atoms with van der Waals surface area (Å²) in [5.41, 5.74) is 2.28. The van der Waals surface area contributed by atoms with Crippen LogP contribution in [-0.2, 0) is 25.7 Å². The van der Waals surface area contributed by atoms with E-state index in [-0.39, 0.29) is 43.0 Å². The van der Waals surface area contributed by atoms with Gasteiger partial charge >= 0.3 is 5.97 Å². The molecule has 2 amide bonds. The average Bonchev–Trinajstić information content (AvgIpc) is 3.21. The van der Waals surface area contributed by atoms with Gasteiger partial charge in [-0.1, -0.05) is 42.1 Å². The van der Waals surface area contributed by atoms with Crippen molar-refractivity contribution in [1.29, 1.82) is 0 Å². The van der Waals surface area contributed by atoms with Crippen molar-refractivity contribution in [3.8, 4) is 5.75 Å². The highest BCUT2D eigenvalue weighted by Crippen LogP contribution is 2.35. The Labute approximate surface area is 207 Å². The monoisotopic (exact) mass is 494 g/mol. The summed E-state index contributed by atoms with van der Waals surface area (Å²) >= 11 is 1.19. The van der Waals surface area contributed by atoms with Gasteiger partial charge in [0.1, 0.15) is 17.6 Å². The number of thioether (sulfide) groups is 1. The van der Waals surface area contributed by atoms with Gasteiger partial charge in [0.05, 0.1) is 25.2 Å². The van der Waals surface area contributed by atoms with Crippen LogP contribution in [0.3, 0.4) is 0 Å². The molecule has 182 valence electrons. The maximum Gasteiger partial charge on any atom is 0.316 e. The number of ether oxygens (including phenoxy) is 2. The second-order valence-corrected chi connectivity index (χ2v) is 8.73. The molecule has 0 spiro atoms. The first kappa shape index (κ1) is 24.5. The fourth-order valence-corrected chi connectivity index (χ4v) is 4.75. The fourth-order valence-electron chi connectivity index (χ4n) is 3.90. The van der Waals surface area contributed by atoms with Crippen LogP contribution >= 0.6 is 11.8 Å². The molecule has 2 heterocycles. The lowest BCUT2D eigenvalue weighted by molar-refractivity contribution is -0.139. The van der Waals surface area contributed by atoms with Crippen LogP contribution in [0.4, 0.5) is 5.69 Å². The Morgan fingerprint density at radius 2 is 1.89 bits per heavy atom. The quantitative estimate of drug-likeness (QED) is 0.534. The van der Waals surface area contributed by atoms with E-state index in [4.69, 9.17) is 9.47 Å². The Morgan fingerprint density at radius 1 is 1.11 bits per heavy atom. The van der Waals surface area contributed by atoms with E-state index in [0.717, 1.165) is 11.1 Å². The Balaban J connectivity index is 1.45. The molecule has 0 bridgehead atoms. The number of rotatable bonds is 9. The molecule has 1 atom stereocenters. The van der Waals surface area contributed by atoms with E-state index in [1.807, 2.05) is 48.5 Å². The normalized spacial score (nSPS) is 16.1. The molecular formula is C25H26N4O5S. The molecule has 2 aliphatic rings. The number of methoxy groups -OCH3 is 1. The standard InChI is InChI=1S/C25H26N4O5S/c1-3-34-22(31)15-35-25-27-18-10-6-5-9-17(18)23-28-24(32)19(29(23)25)12-13-21(30)26-14-16-8-4-7-11-20(16)33-2/h4-11,19H,3,12-15H2,1-2H3,(H,26,30). The van der Waals surface area contributed by atoms with Gasteiger partial charge in [0.15, 0.2) is 5.17 Å². The van der Waals surface area contributed by atoms with Gasteiger partial charge in [-0.15, -0.1) is 0 Å². The first-order valence-electron chi connectivity index (χ1n) is 11.3. The molecule has 35 heavy (non-hydrogen) atoms. The maximum atomic E-state index is 12.9. The summed E-state index contributed by atoms with van der Waals surface area (Å²) in [5, 5.41) is 3.37. The summed E-state index contributed by atoms with van der Waals surface area (Å²) in [7, 11) is 1.58. The lowest BCUT2D eigenvalue weighted by atomic mass is 10.1. The number of fused-ring (bicyclic) bond motifs is 3. The van der Waals surface area contributed by atoms with E-state index in [0.29, 0.717) is 29.0 Å². The number of amidine groups is 2. The van der Waals surface area contributed by atoms with Crippen molar-refractivity contribution in [3.05, 3.63) is 59.7 Å². The van der Waals surface area contributed by atoms with Crippen molar-refractivity contribution >= 4 is 46.2 Å². The highest BCUT2D eigenvalue weighted by molar-refractivity contribution is 8.14. The van der Waals surface area contributed by atoms with Gasteiger partial charge in [-0.05, 0) is 31.5 Å². The number of benzene rings is 2. The molecule has 0 aliphatic carbocycles. The van der Waals surface area contributed by atoms with Crippen LogP contribution in [0.25, 0.3) is 0 Å². The summed E-state index contributed by atoms with van der Waals surface area (Å²) in [5.74, 6) is 0.356. The zero-order valence-electron chi connectivity index (χ0n) is 19.5. The molecule has 0 fully saturated rings. The highest BCUT2D eigenvalue weighted by atomic mass is 32.2. The van der Waals surface area contributed by atoms with Gasteiger partial charge in [-0.2, -0.15) is 4.99 Å². The molecule has 9 nitrogen and oxygen atoms in total. The van der Waals surface area contributed by atoms with Crippen LogP contribution in [-0.4, -0.2) is 59.2 Å². The summed E-state index contributed by atoms with van der Waals surface area (Å²) in [6.45, 7) is 2.36. The van der Waals surface area contributed by atoms with Gasteiger partial charge < -0.3 is 14.8 Å². The number of esters is 1. The molecule has 10 heteroatoms. The third-order valence-corrected chi connectivity index (χ3v) is 6.47. The lowest BCUT2D eigenvalue weighted by Crippen LogP contribution is -2.44. The first-order chi connectivity index (χ1) is 17.0. The molecule has 1 N–H and O–H groups in total. The summed E-state index contributed by atoms with van der Waals surface area (Å²) in [4.78, 5) is 48.1. The second kappa shape index (κ2) is 11.2. The van der Waals surface area contributed by atoms with Gasteiger partial charge in [0, 0.05) is 24.1 Å².